The standard InChI is InChI=1S/C20H20N2O5/c1-13(21-19(25)16-6-4-3-5-7-16)20(26)27-12-18(24)22-17-10-8-15(9-11-17)14(2)23/h3-11,13H,12H2,1-2H3,(H,21,25)(H,22,24)/t13-/m0/s1. The highest BCUT2D eigenvalue weighted by Crippen LogP contribution is 2.10. The van der Waals surface area contributed by atoms with Crippen molar-refractivity contribution in [2.24, 2.45) is 0 Å². The molecular weight excluding hydrogens is 348 g/mol. The average molecular weight is 368 g/mol. The highest BCUT2D eigenvalue weighted by atomic mass is 16.5. The molecule has 2 amide bonds. The number of Topliss-reactive ketones (excluding diaryl/α,β-unsaturated/α-hetero) is 1. The fourth-order valence-electron chi connectivity index (χ4n) is 2.18. The molecule has 0 aliphatic carbocycles. The number of benzene rings is 2. The van der Waals surface area contributed by atoms with Crippen molar-refractivity contribution in [3.8, 4) is 0 Å². The molecule has 0 spiro atoms. The van der Waals surface area contributed by atoms with E-state index in [-0.39, 0.29) is 5.78 Å². The van der Waals surface area contributed by atoms with Gasteiger partial charge in [0.05, 0.1) is 0 Å². The Morgan fingerprint density at radius 1 is 0.926 bits per heavy atom. The average Bonchev–Trinajstić information content (AvgIpc) is 2.67. The summed E-state index contributed by atoms with van der Waals surface area (Å²) in [5, 5.41) is 5.06. The number of rotatable bonds is 7. The van der Waals surface area contributed by atoms with Gasteiger partial charge in [0.15, 0.2) is 12.4 Å². The van der Waals surface area contributed by atoms with E-state index in [0.29, 0.717) is 16.8 Å². The zero-order chi connectivity index (χ0) is 19.8. The SMILES string of the molecule is CC(=O)c1ccc(NC(=O)COC(=O)[C@H](C)NC(=O)c2ccccc2)cc1. The fraction of sp³-hybridized carbons (Fsp3) is 0.200. The van der Waals surface area contributed by atoms with Gasteiger partial charge in [0.2, 0.25) is 0 Å². The van der Waals surface area contributed by atoms with Crippen LogP contribution in [0.1, 0.15) is 34.6 Å². The summed E-state index contributed by atoms with van der Waals surface area (Å²) in [6.45, 7) is 2.44. The van der Waals surface area contributed by atoms with Crippen molar-refractivity contribution in [2.45, 2.75) is 19.9 Å². The van der Waals surface area contributed by atoms with Crippen molar-refractivity contribution in [1.29, 1.82) is 0 Å². The maximum absolute atomic E-state index is 12.0. The maximum Gasteiger partial charge on any atom is 0.328 e. The Labute approximate surface area is 156 Å². The second-order valence-corrected chi connectivity index (χ2v) is 5.85. The van der Waals surface area contributed by atoms with E-state index in [1.807, 2.05) is 0 Å². The first-order valence-electron chi connectivity index (χ1n) is 8.30. The molecule has 0 heterocycles. The molecule has 0 aliphatic heterocycles. The fourth-order valence-corrected chi connectivity index (χ4v) is 2.18. The molecule has 7 heteroatoms. The van der Waals surface area contributed by atoms with E-state index in [1.165, 1.54) is 13.8 Å². The summed E-state index contributed by atoms with van der Waals surface area (Å²) in [4.78, 5) is 47.0. The van der Waals surface area contributed by atoms with E-state index in [1.54, 1.807) is 54.6 Å². The van der Waals surface area contributed by atoms with Crippen molar-refractivity contribution >= 4 is 29.3 Å². The van der Waals surface area contributed by atoms with Crippen LogP contribution in [0.3, 0.4) is 0 Å². The number of carbonyl (C=O) groups is 4. The number of hydrogen-bond acceptors (Lipinski definition) is 5. The predicted octanol–water partition coefficient (Wildman–Crippen LogP) is 2.19. The van der Waals surface area contributed by atoms with Crippen LogP contribution >= 0.6 is 0 Å². The number of esters is 1. The van der Waals surface area contributed by atoms with Gasteiger partial charge in [-0.1, -0.05) is 18.2 Å². The molecule has 2 aromatic carbocycles. The second kappa shape index (κ2) is 9.28. The summed E-state index contributed by atoms with van der Waals surface area (Å²) in [7, 11) is 0. The predicted molar refractivity (Wildman–Crippen MR) is 99.4 cm³/mol. The summed E-state index contributed by atoms with van der Waals surface area (Å²) in [5.74, 6) is -1.73. The van der Waals surface area contributed by atoms with Crippen LogP contribution in [0.15, 0.2) is 54.6 Å². The maximum atomic E-state index is 12.0. The van der Waals surface area contributed by atoms with E-state index in [0.717, 1.165) is 0 Å². The Morgan fingerprint density at radius 2 is 1.56 bits per heavy atom. The van der Waals surface area contributed by atoms with Gasteiger partial charge in [0.1, 0.15) is 6.04 Å². The van der Waals surface area contributed by atoms with Crippen LogP contribution in [0.2, 0.25) is 0 Å². The molecule has 1 atom stereocenters. The number of ether oxygens (including phenoxy) is 1. The Bertz CT molecular complexity index is 831. The van der Waals surface area contributed by atoms with Gasteiger partial charge < -0.3 is 15.4 Å². The summed E-state index contributed by atoms with van der Waals surface area (Å²) in [6, 6.07) is 13.9. The summed E-state index contributed by atoms with van der Waals surface area (Å²) >= 11 is 0. The van der Waals surface area contributed by atoms with E-state index in [2.05, 4.69) is 10.6 Å². The van der Waals surface area contributed by atoms with E-state index in [4.69, 9.17) is 4.74 Å². The number of carbonyl (C=O) groups excluding carboxylic acids is 4. The molecule has 7 nitrogen and oxygen atoms in total. The third-order valence-corrected chi connectivity index (χ3v) is 3.66. The molecule has 0 radical (unpaired) electrons. The molecule has 140 valence electrons. The molecular formula is C20H20N2O5. The first-order chi connectivity index (χ1) is 12.9. The van der Waals surface area contributed by atoms with Crippen LogP contribution in [0, 0.1) is 0 Å². The molecule has 0 fully saturated rings. The summed E-state index contributed by atoms with van der Waals surface area (Å²) in [6.07, 6.45) is 0. The van der Waals surface area contributed by atoms with E-state index >= 15 is 0 Å². The van der Waals surface area contributed by atoms with E-state index < -0.39 is 30.4 Å². The molecule has 2 rings (SSSR count). The van der Waals surface area contributed by atoms with Gasteiger partial charge in [-0.15, -0.1) is 0 Å². The van der Waals surface area contributed by atoms with Crippen molar-refractivity contribution < 1.29 is 23.9 Å². The molecule has 2 N–H and O–H groups in total. The zero-order valence-electron chi connectivity index (χ0n) is 15.0. The first-order valence-corrected chi connectivity index (χ1v) is 8.30. The summed E-state index contributed by atoms with van der Waals surface area (Å²) in [5.41, 5.74) is 1.43. The molecule has 0 unspecified atom stereocenters. The van der Waals surface area contributed by atoms with Gasteiger partial charge in [-0.2, -0.15) is 0 Å². The topological polar surface area (TPSA) is 102 Å². The van der Waals surface area contributed by atoms with Crippen molar-refractivity contribution in [3.05, 3.63) is 65.7 Å². The monoisotopic (exact) mass is 368 g/mol. The highest BCUT2D eigenvalue weighted by Gasteiger charge is 2.19. The molecule has 27 heavy (non-hydrogen) atoms. The zero-order valence-corrected chi connectivity index (χ0v) is 15.0. The van der Waals surface area contributed by atoms with Crippen molar-refractivity contribution in [2.75, 3.05) is 11.9 Å². The number of amides is 2. The normalized spacial score (nSPS) is 11.2. The number of nitrogens with one attached hydrogen (secondary N) is 2. The minimum Gasteiger partial charge on any atom is -0.454 e. The Hall–Kier alpha value is -3.48. The van der Waals surface area contributed by atoms with Gasteiger partial charge in [0, 0.05) is 16.8 Å². The molecule has 2 aromatic rings. The van der Waals surface area contributed by atoms with Gasteiger partial charge >= 0.3 is 5.97 Å². The lowest BCUT2D eigenvalue weighted by Crippen LogP contribution is -2.40. The van der Waals surface area contributed by atoms with Crippen molar-refractivity contribution in [1.82, 2.24) is 5.32 Å². The molecule has 0 aliphatic rings. The van der Waals surface area contributed by atoms with Crippen molar-refractivity contribution in [3.63, 3.8) is 0 Å². The Balaban J connectivity index is 1.79. The van der Waals surface area contributed by atoms with Crippen LogP contribution in [0.25, 0.3) is 0 Å². The van der Waals surface area contributed by atoms with Crippen LogP contribution < -0.4 is 10.6 Å². The molecule has 0 bridgehead atoms. The third kappa shape index (κ3) is 6.07. The van der Waals surface area contributed by atoms with Gasteiger partial charge in [-0.05, 0) is 50.2 Å². The molecule has 0 aromatic heterocycles. The van der Waals surface area contributed by atoms with Gasteiger partial charge in [-0.3, -0.25) is 14.4 Å². The van der Waals surface area contributed by atoms with Crippen LogP contribution in [0.4, 0.5) is 5.69 Å². The van der Waals surface area contributed by atoms with Gasteiger partial charge in [-0.25, -0.2) is 4.79 Å². The van der Waals surface area contributed by atoms with Crippen LogP contribution in [0.5, 0.6) is 0 Å². The smallest absolute Gasteiger partial charge is 0.328 e. The summed E-state index contributed by atoms with van der Waals surface area (Å²) < 4.78 is 4.92. The number of ketones is 1. The largest absolute Gasteiger partial charge is 0.454 e. The van der Waals surface area contributed by atoms with Crippen LogP contribution in [-0.4, -0.2) is 36.2 Å². The lowest BCUT2D eigenvalue weighted by Gasteiger charge is -2.13. The van der Waals surface area contributed by atoms with Crippen LogP contribution in [-0.2, 0) is 14.3 Å². The number of hydrogen-bond donors (Lipinski definition) is 2. The Morgan fingerprint density at radius 3 is 2.15 bits per heavy atom. The van der Waals surface area contributed by atoms with E-state index in [9.17, 15) is 19.2 Å². The highest BCUT2D eigenvalue weighted by molar-refractivity contribution is 5.98. The lowest BCUT2D eigenvalue weighted by atomic mass is 10.1. The third-order valence-electron chi connectivity index (χ3n) is 3.66. The lowest BCUT2D eigenvalue weighted by molar-refractivity contribution is -0.148. The molecule has 0 saturated carbocycles. The second-order valence-electron chi connectivity index (χ2n) is 5.85. The minimum absolute atomic E-state index is 0.0756. The first kappa shape index (κ1) is 19.8. The quantitative estimate of drug-likeness (QED) is 0.576. The minimum atomic E-state index is -0.902. The number of anilines is 1. The Kier molecular flexibility index (Phi) is 6.82. The van der Waals surface area contributed by atoms with Gasteiger partial charge in [0.25, 0.3) is 11.8 Å². The molecule has 0 saturated heterocycles.